The Bertz CT molecular complexity index is 1520. The number of carbonyl (C=O) groups is 1. The van der Waals surface area contributed by atoms with Gasteiger partial charge in [-0.05, 0) is 70.6 Å². The molecule has 0 bridgehead atoms. The number of nitrogens with one attached hydrogen (secondary N) is 1. The van der Waals surface area contributed by atoms with Crippen LogP contribution in [0.2, 0.25) is 0 Å². The molecule has 2 heterocycles. The van der Waals surface area contributed by atoms with Gasteiger partial charge in [-0.25, -0.2) is 0 Å². The molecule has 2 rings (SSSR count). The molecule has 428 valence electrons. The summed E-state index contributed by atoms with van der Waals surface area (Å²) in [5.41, 5.74) is 0. The lowest BCUT2D eigenvalue weighted by Gasteiger charge is -2.46. The number of hydrogen-bond donors (Lipinski definition) is 9. The van der Waals surface area contributed by atoms with Crippen LogP contribution in [0.4, 0.5) is 0 Å². The first-order chi connectivity index (χ1) is 36.1. The molecule has 0 aromatic rings. The molecule has 2 aliphatic heterocycles. The highest BCUT2D eigenvalue weighted by Crippen LogP contribution is 2.30. The van der Waals surface area contributed by atoms with Crippen molar-refractivity contribution in [3.8, 4) is 0 Å². The van der Waals surface area contributed by atoms with Crippen LogP contribution in [0.1, 0.15) is 206 Å². The fourth-order valence-corrected chi connectivity index (χ4v) is 9.18. The van der Waals surface area contributed by atoms with E-state index < -0.39 is 86.8 Å². The Kier molecular flexibility index (Phi) is 41.5. The van der Waals surface area contributed by atoms with Gasteiger partial charge in [-0.1, -0.05) is 202 Å². The SMILES string of the molecule is CC/C=C\C/C=C\C/C=C\C/C=C\CCCCCCCCCCCCCCC(=O)NC(COC1OC(CO)C(OC2OC(CO)C(O)C(O)C2O)C(O)C1O)C(O)/C=C/CC/C=C/CCCCCCCCCCC. The van der Waals surface area contributed by atoms with Crippen molar-refractivity contribution < 1.29 is 64.6 Å². The lowest BCUT2D eigenvalue weighted by atomic mass is 9.97. The summed E-state index contributed by atoms with van der Waals surface area (Å²) in [5.74, 6) is -0.254. The van der Waals surface area contributed by atoms with Gasteiger partial charge < -0.3 is 65.1 Å². The van der Waals surface area contributed by atoms with Gasteiger partial charge in [-0.2, -0.15) is 0 Å². The third kappa shape index (κ3) is 31.0. The first-order valence-corrected chi connectivity index (χ1v) is 29.2. The first-order valence-electron chi connectivity index (χ1n) is 29.2. The molecule has 2 aliphatic rings. The zero-order valence-electron chi connectivity index (χ0n) is 45.8. The fourth-order valence-electron chi connectivity index (χ4n) is 9.18. The molecule has 14 nitrogen and oxygen atoms in total. The summed E-state index contributed by atoms with van der Waals surface area (Å²) in [6.45, 7) is 2.65. The number of amides is 1. The van der Waals surface area contributed by atoms with Crippen molar-refractivity contribution in [1.29, 1.82) is 0 Å². The predicted molar refractivity (Wildman–Crippen MR) is 295 cm³/mol. The summed E-state index contributed by atoms with van der Waals surface area (Å²) in [6.07, 6.45) is 42.2. The van der Waals surface area contributed by atoms with Crippen LogP contribution in [0.5, 0.6) is 0 Å². The molecule has 2 fully saturated rings. The van der Waals surface area contributed by atoms with E-state index in [9.17, 15) is 45.6 Å². The molecule has 0 aliphatic carbocycles. The van der Waals surface area contributed by atoms with E-state index in [0.717, 1.165) is 64.2 Å². The zero-order valence-corrected chi connectivity index (χ0v) is 45.8. The molecule has 0 radical (unpaired) electrons. The number of carbonyl (C=O) groups excluding carboxylic acids is 1. The molecule has 12 unspecified atom stereocenters. The smallest absolute Gasteiger partial charge is 0.220 e. The Labute approximate surface area is 447 Å². The van der Waals surface area contributed by atoms with E-state index in [1.54, 1.807) is 6.08 Å². The molecule has 14 heteroatoms. The average molecular weight is 1050 g/mol. The molecule has 2 saturated heterocycles. The van der Waals surface area contributed by atoms with Crippen LogP contribution < -0.4 is 5.32 Å². The highest BCUT2D eigenvalue weighted by Gasteiger charge is 2.51. The summed E-state index contributed by atoms with van der Waals surface area (Å²) < 4.78 is 22.7. The maximum atomic E-state index is 13.2. The van der Waals surface area contributed by atoms with Crippen molar-refractivity contribution in [1.82, 2.24) is 5.32 Å². The van der Waals surface area contributed by atoms with Gasteiger partial charge >= 0.3 is 0 Å². The van der Waals surface area contributed by atoms with Crippen LogP contribution in [0.3, 0.4) is 0 Å². The number of hydrogen-bond acceptors (Lipinski definition) is 13. The van der Waals surface area contributed by atoms with Crippen molar-refractivity contribution >= 4 is 5.91 Å². The Balaban J connectivity index is 1.76. The highest BCUT2D eigenvalue weighted by molar-refractivity contribution is 5.76. The number of unbranched alkanes of at least 4 members (excludes halogenated alkanes) is 22. The van der Waals surface area contributed by atoms with Gasteiger partial charge in [0.15, 0.2) is 12.6 Å². The van der Waals surface area contributed by atoms with Gasteiger partial charge in [0.2, 0.25) is 5.91 Å². The number of ether oxygens (including phenoxy) is 4. The molecular formula is C60H105NO13. The molecular weight excluding hydrogens is 943 g/mol. The maximum Gasteiger partial charge on any atom is 0.220 e. The minimum absolute atomic E-state index is 0.254. The second kappa shape index (κ2) is 45.4. The largest absolute Gasteiger partial charge is 0.394 e. The third-order valence-electron chi connectivity index (χ3n) is 13.9. The summed E-state index contributed by atoms with van der Waals surface area (Å²) in [5, 5.41) is 87.0. The first kappa shape index (κ1) is 67.5. The third-order valence-corrected chi connectivity index (χ3v) is 13.9. The number of aliphatic hydroxyl groups is 8. The molecule has 9 N–H and O–H groups in total. The highest BCUT2D eigenvalue weighted by atomic mass is 16.7. The summed E-state index contributed by atoms with van der Waals surface area (Å²) in [4.78, 5) is 13.2. The van der Waals surface area contributed by atoms with E-state index in [-0.39, 0.29) is 18.9 Å². The van der Waals surface area contributed by atoms with E-state index in [1.165, 1.54) is 109 Å². The van der Waals surface area contributed by atoms with Crippen LogP contribution in [0.15, 0.2) is 72.9 Å². The Hall–Kier alpha value is -2.57. The number of rotatable bonds is 45. The van der Waals surface area contributed by atoms with Crippen molar-refractivity contribution in [2.24, 2.45) is 0 Å². The molecule has 1 amide bonds. The van der Waals surface area contributed by atoms with Gasteiger partial charge in [0.25, 0.3) is 0 Å². The van der Waals surface area contributed by atoms with Crippen molar-refractivity contribution in [3.05, 3.63) is 72.9 Å². The van der Waals surface area contributed by atoms with E-state index in [2.05, 4.69) is 79.9 Å². The van der Waals surface area contributed by atoms with E-state index in [1.807, 2.05) is 6.08 Å². The molecule has 12 atom stereocenters. The van der Waals surface area contributed by atoms with Gasteiger partial charge in [-0.15, -0.1) is 0 Å². The normalized spacial score (nSPS) is 25.8. The van der Waals surface area contributed by atoms with Crippen LogP contribution in [-0.4, -0.2) is 140 Å². The quantitative estimate of drug-likeness (QED) is 0.0205. The second-order valence-electron chi connectivity index (χ2n) is 20.4. The molecule has 0 spiro atoms. The lowest BCUT2D eigenvalue weighted by molar-refractivity contribution is -0.359. The molecule has 0 saturated carbocycles. The van der Waals surface area contributed by atoms with E-state index in [4.69, 9.17) is 18.9 Å². The van der Waals surface area contributed by atoms with Gasteiger partial charge in [-0.3, -0.25) is 4.79 Å². The van der Waals surface area contributed by atoms with E-state index >= 15 is 0 Å². The van der Waals surface area contributed by atoms with Crippen LogP contribution in [0, 0.1) is 0 Å². The maximum absolute atomic E-state index is 13.2. The Morgan fingerprint density at radius 3 is 1.49 bits per heavy atom. The average Bonchev–Trinajstić information content (AvgIpc) is 3.40. The molecule has 0 aromatic carbocycles. The van der Waals surface area contributed by atoms with Gasteiger partial charge in [0.1, 0.15) is 48.8 Å². The summed E-state index contributed by atoms with van der Waals surface area (Å²) >= 11 is 0. The van der Waals surface area contributed by atoms with Crippen molar-refractivity contribution in [2.45, 2.75) is 280 Å². The summed E-state index contributed by atoms with van der Waals surface area (Å²) in [7, 11) is 0. The second-order valence-corrected chi connectivity index (χ2v) is 20.4. The van der Waals surface area contributed by atoms with Gasteiger partial charge in [0, 0.05) is 6.42 Å². The Morgan fingerprint density at radius 1 is 0.500 bits per heavy atom. The standard InChI is InChI=1S/C60H105NO13/c1-3-5-7-9-11-13-15-17-19-20-21-22-23-24-25-26-27-28-30-32-34-36-38-40-42-44-52(65)61-48(49(64)43-41-39-37-35-33-31-29-18-16-14-12-10-8-6-4-2)47-71-59-57(70)55(68)58(51(46-63)73-59)74-60-56(69)54(67)53(66)50(45-62)72-60/h5,7,11,13,17,19,21-22,33,35,41,43,48-51,53-60,62-64,66-70H,3-4,6,8-10,12,14-16,18,20,23-32,34,36-40,42,44-47H2,1-2H3,(H,61,65)/b7-5-,13-11-,19-17-,22-21-,35-33+,43-41+. The molecule has 74 heavy (non-hydrogen) atoms. The van der Waals surface area contributed by atoms with Crippen LogP contribution >= 0.6 is 0 Å². The van der Waals surface area contributed by atoms with Crippen molar-refractivity contribution in [2.75, 3.05) is 19.8 Å². The van der Waals surface area contributed by atoms with Crippen molar-refractivity contribution in [3.63, 3.8) is 0 Å². The minimum Gasteiger partial charge on any atom is -0.394 e. The number of aliphatic hydroxyl groups excluding tert-OH is 8. The monoisotopic (exact) mass is 1050 g/mol. The summed E-state index contributed by atoms with van der Waals surface area (Å²) in [6, 6.07) is -0.935. The fraction of sp³-hybridized carbons (Fsp3) is 0.783. The van der Waals surface area contributed by atoms with Crippen LogP contribution in [0.25, 0.3) is 0 Å². The van der Waals surface area contributed by atoms with Gasteiger partial charge in [0.05, 0.1) is 32.0 Å². The Morgan fingerprint density at radius 2 is 0.946 bits per heavy atom. The molecule has 0 aromatic heterocycles. The van der Waals surface area contributed by atoms with Crippen LogP contribution in [-0.2, 0) is 23.7 Å². The predicted octanol–water partition coefficient (Wildman–Crippen LogP) is 9.55. The lowest BCUT2D eigenvalue weighted by Crippen LogP contribution is -2.65. The number of allylic oxidation sites excluding steroid dienone is 11. The topological polar surface area (TPSA) is 228 Å². The minimum atomic E-state index is -1.79. The van der Waals surface area contributed by atoms with E-state index in [0.29, 0.717) is 12.8 Å². The zero-order chi connectivity index (χ0) is 53.9.